The molecule has 3 rings (SSSR count). The van der Waals surface area contributed by atoms with Gasteiger partial charge in [-0.25, -0.2) is 0 Å². The van der Waals surface area contributed by atoms with Crippen molar-refractivity contribution >= 4 is 5.69 Å². The highest BCUT2D eigenvalue weighted by atomic mass is 15.2. The van der Waals surface area contributed by atoms with E-state index in [4.69, 9.17) is 0 Å². The fraction of sp³-hybridized carbons (Fsp3) is 0.760. The molecular weight excluding hydrogens is 314 g/mol. The first-order chi connectivity index (χ1) is 12.1. The summed E-state index contributed by atoms with van der Waals surface area (Å²) in [5, 5.41) is 0. The summed E-state index contributed by atoms with van der Waals surface area (Å²) in [6.07, 6.45) is 9.94. The van der Waals surface area contributed by atoms with Crippen LogP contribution in [0.5, 0.6) is 0 Å². The van der Waals surface area contributed by atoms with Crippen molar-refractivity contribution in [2.24, 2.45) is 5.41 Å². The van der Waals surface area contributed by atoms with Gasteiger partial charge in [0.1, 0.15) is 0 Å². The molecule has 0 bridgehead atoms. The van der Waals surface area contributed by atoms with Gasteiger partial charge in [0.15, 0.2) is 0 Å². The minimum atomic E-state index is 0.174. The highest BCUT2D eigenvalue weighted by Gasteiger charge is 2.45. The third-order valence-corrected chi connectivity index (χ3v) is 7.17. The van der Waals surface area contributed by atoms with Crippen LogP contribution in [0.1, 0.15) is 110 Å². The standard InChI is InChI=1S/C25H41N/c1-19(2)20-12-11-13-21(23(3,4)5)22(20)26-18-25(14-9-8-10-15-25)17-16-24(26,6)7/h11-13,19H,8-10,14-18H2,1-7H3. The van der Waals surface area contributed by atoms with E-state index in [0.29, 0.717) is 11.3 Å². The van der Waals surface area contributed by atoms with Crippen molar-refractivity contribution < 1.29 is 0 Å². The lowest BCUT2D eigenvalue weighted by Crippen LogP contribution is -2.56. The number of anilines is 1. The minimum Gasteiger partial charge on any atom is -0.365 e. The number of rotatable bonds is 2. The van der Waals surface area contributed by atoms with Gasteiger partial charge in [-0.2, -0.15) is 0 Å². The van der Waals surface area contributed by atoms with E-state index in [2.05, 4.69) is 71.6 Å². The van der Waals surface area contributed by atoms with Crippen LogP contribution in [0, 0.1) is 5.41 Å². The summed E-state index contributed by atoms with van der Waals surface area (Å²) in [5.74, 6) is 0.562. The molecule has 1 heteroatoms. The third-order valence-electron chi connectivity index (χ3n) is 7.17. The summed E-state index contributed by atoms with van der Waals surface area (Å²) in [7, 11) is 0. The van der Waals surface area contributed by atoms with Crippen molar-refractivity contribution in [2.75, 3.05) is 11.4 Å². The van der Waals surface area contributed by atoms with E-state index >= 15 is 0 Å². The van der Waals surface area contributed by atoms with Crippen LogP contribution in [0.15, 0.2) is 18.2 Å². The Morgan fingerprint density at radius 1 is 0.923 bits per heavy atom. The molecule has 1 aliphatic carbocycles. The first kappa shape index (κ1) is 19.8. The summed E-state index contributed by atoms with van der Waals surface area (Å²) in [6, 6.07) is 7.06. The van der Waals surface area contributed by atoms with Gasteiger partial charge in [-0.15, -0.1) is 0 Å². The Morgan fingerprint density at radius 3 is 2.15 bits per heavy atom. The van der Waals surface area contributed by atoms with E-state index in [1.54, 1.807) is 11.3 Å². The SMILES string of the molecule is CC(C)c1cccc(C(C)(C)C)c1N1CC2(CCCCC2)CCC1(C)C. The Balaban J connectivity index is 2.12. The first-order valence-electron chi connectivity index (χ1n) is 11.0. The predicted molar refractivity (Wildman–Crippen MR) is 115 cm³/mol. The van der Waals surface area contributed by atoms with Gasteiger partial charge in [-0.1, -0.05) is 72.1 Å². The average molecular weight is 356 g/mol. The van der Waals surface area contributed by atoms with Gasteiger partial charge < -0.3 is 4.90 Å². The lowest BCUT2D eigenvalue weighted by molar-refractivity contribution is 0.119. The zero-order chi connectivity index (χ0) is 19.2. The molecule has 0 N–H and O–H groups in total. The molecule has 26 heavy (non-hydrogen) atoms. The van der Waals surface area contributed by atoms with Crippen molar-refractivity contribution in [3.63, 3.8) is 0 Å². The van der Waals surface area contributed by atoms with Gasteiger partial charge in [0.25, 0.3) is 0 Å². The van der Waals surface area contributed by atoms with Crippen LogP contribution in [0.25, 0.3) is 0 Å². The Labute approximate surface area is 162 Å². The Hall–Kier alpha value is -0.980. The normalized spacial score (nSPS) is 22.8. The van der Waals surface area contributed by atoms with E-state index < -0.39 is 0 Å². The largest absolute Gasteiger partial charge is 0.365 e. The van der Waals surface area contributed by atoms with Gasteiger partial charge in [0.05, 0.1) is 0 Å². The van der Waals surface area contributed by atoms with Crippen molar-refractivity contribution in [2.45, 2.75) is 110 Å². The number of nitrogens with zero attached hydrogens (tertiary/aromatic N) is 1. The first-order valence-corrected chi connectivity index (χ1v) is 11.0. The van der Waals surface area contributed by atoms with E-state index in [0.717, 1.165) is 0 Å². The molecule has 1 aromatic carbocycles. The monoisotopic (exact) mass is 355 g/mol. The smallest absolute Gasteiger partial charge is 0.0443 e. The molecule has 0 radical (unpaired) electrons. The molecule has 0 atom stereocenters. The summed E-state index contributed by atoms with van der Waals surface area (Å²) in [5.41, 5.74) is 5.61. The zero-order valence-electron chi connectivity index (χ0n) is 18.4. The van der Waals surface area contributed by atoms with Crippen LogP contribution in [-0.2, 0) is 5.41 Å². The maximum atomic E-state index is 2.84. The molecule has 1 heterocycles. The van der Waals surface area contributed by atoms with E-state index in [9.17, 15) is 0 Å². The second-order valence-electron chi connectivity index (χ2n) is 11.1. The zero-order valence-corrected chi connectivity index (χ0v) is 18.4. The molecule has 1 aromatic rings. The fourth-order valence-electron chi connectivity index (χ4n) is 5.36. The number of hydrogen-bond donors (Lipinski definition) is 0. The minimum absolute atomic E-state index is 0.174. The van der Waals surface area contributed by atoms with Gasteiger partial charge in [-0.3, -0.25) is 0 Å². The average Bonchev–Trinajstić information content (AvgIpc) is 2.57. The molecule has 1 nitrogen and oxygen atoms in total. The molecule has 2 fully saturated rings. The molecule has 0 unspecified atom stereocenters. The number of piperidine rings is 1. The number of hydrogen-bond acceptors (Lipinski definition) is 1. The van der Waals surface area contributed by atoms with Crippen molar-refractivity contribution in [3.8, 4) is 0 Å². The van der Waals surface area contributed by atoms with Crippen LogP contribution < -0.4 is 4.90 Å². The molecule has 2 aliphatic rings. The topological polar surface area (TPSA) is 3.24 Å². The Kier molecular flexibility index (Phi) is 5.23. The van der Waals surface area contributed by atoms with Crippen LogP contribution >= 0.6 is 0 Å². The molecular formula is C25H41N. The lowest BCUT2D eigenvalue weighted by Gasteiger charge is -2.55. The lowest BCUT2D eigenvalue weighted by atomic mass is 9.65. The van der Waals surface area contributed by atoms with Gasteiger partial charge >= 0.3 is 0 Å². The molecule has 1 saturated carbocycles. The van der Waals surface area contributed by atoms with Crippen molar-refractivity contribution in [1.82, 2.24) is 0 Å². The summed E-state index contributed by atoms with van der Waals surface area (Å²) >= 11 is 0. The van der Waals surface area contributed by atoms with Crippen LogP contribution in [0.3, 0.4) is 0 Å². The Morgan fingerprint density at radius 2 is 1.58 bits per heavy atom. The van der Waals surface area contributed by atoms with E-state index in [1.165, 1.54) is 57.1 Å². The maximum absolute atomic E-state index is 2.84. The fourth-order valence-corrected chi connectivity index (χ4v) is 5.36. The van der Waals surface area contributed by atoms with Crippen LogP contribution in [-0.4, -0.2) is 12.1 Å². The van der Waals surface area contributed by atoms with Crippen LogP contribution in [0.2, 0.25) is 0 Å². The maximum Gasteiger partial charge on any atom is 0.0443 e. The highest BCUT2D eigenvalue weighted by Crippen LogP contribution is 2.51. The third kappa shape index (κ3) is 3.69. The second-order valence-corrected chi connectivity index (χ2v) is 11.1. The second kappa shape index (κ2) is 6.88. The van der Waals surface area contributed by atoms with Crippen molar-refractivity contribution in [1.29, 1.82) is 0 Å². The van der Waals surface area contributed by atoms with E-state index in [1.807, 2.05) is 0 Å². The van der Waals surface area contributed by atoms with Crippen molar-refractivity contribution in [3.05, 3.63) is 29.3 Å². The molecule has 1 saturated heterocycles. The summed E-state index contributed by atoms with van der Waals surface area (Å²) in [4.78, 5) is 2.84. The number of para-hydroxylation sites is 1. The highest BCUT2D eigenvalue weighted by molar-refractivity contribution is 5.65. The predicted octanol–water partition coefficient (Wildman–Crippen LogP) is 7.44. The van der Waals surface area contributed by atoms with Crippen LogP contribution in [0.4, 0.5) is 5.69 Å². The molecule has 146 valence electrons. The van der Waals surface area contributed by atoms with Gasteiger partial charge in [0, 0.05) is 17.8 Å². The Bertz CT molecular complexity index is 626. The van der Waals surface area contributed by atoms with E-state index in [-0.39, 0.29) is 11.0 Å². The summed E-state index contributed by atoms with van der Waals surface area (Å²) < 4.78 is 0. The molecule has 1 spiro atoms. The quantitative estimate of drug-likeness (QED) is 0.533. The molecule has 0 amide bonds. The number of benzene rings is 1. The molecule has 1 aliphatic heterocycles. The van der Waals surface area contributed by atoms with Gasteiger partial charge in [0.2, 0.25) is 0 Å². The molecule has 0 aromatic heterocycles. The summed E-state index contributed by atoms with van der Waals surface area (Å²) in [6.45, 7) is 18.1. The van der Waals surface area contributed by atoms with Gasteiger partial charge in [-0.05, 0) is 67.4 Å².